The molecular formula is C19H24N6S. The fraction of sp³-hybridized carbons (Fsp3) is 0.316. The van der Waals surface area contributed by atoms with E-state index in [9.17, 15) is 0 Å². The summed E-state index contributed by atoms with van der Waals surface area (Å²) in [6, 6.07) is 8.33. The van der Waals surface area contributed by atoms with Crippen molar-refractivity contribution in [3.63, 3.8) is 0 Å². The van der Waals surface area contributed by atoms with Crippen LogP contribution in [-0.2, 0) is 13.1 Å². The van der Waals surface area contributed by atoms with E-state index in [0.717, 1.165) is 31.7 Å². The van der Waals surface area contributed by atoms with E-state index in [0.29, 0.717) is 5.11 Å². The molecular weight excluding hydrogens is 344 g/mol. The molecule has 0 saturated heterocycles. The number of benzene rings is 1. The van der Waals surface area contributed by atoms with Crippen molar-refractivity contribution in [1.29, 1.82) is 0 Å². The Kier molecular flexibility index (Phi) is 6.01. The van der Waals surface area contributed by atoms with Gasteiger partial charge in [-0.05, 0) is 49.2 Å². The van der Waals surface area contributed by atoms with Gasteiger partial charge in [0.2, 0.25) is 0 Å². The highest BCUT2D eigenvalue weighted by Crippen LogP contribution is 2.11. The quantitative estimate of drug-likeness (QED) is 0.496. The first-order valence-electron chi connectivity index (χ1n) is 8.71. The number of anilines is 1. The molecule has 3 rings (SSSR count). The Hall–Kier alpha value is -2.67. The Morgan fingerprint density at radius 3 is 2.65 bits per heavy atom. The number of nitrogens with zero attached hydrogens (tertiary/aromatic N) is 4. The molecule has 26 heavy (non-hydrogen) atoms. The smallest absolute Gasteiger partial charge is 0.170 e. The van der Waals surface area contributed by atoms with Crippen LogP contribution in [0, 0.1) is 13.8 Å². The van der Waals surface area contributed by atoms with Crippen LogP contribution in [0.3, 0.4) is 0 Å². The van der Waals surface area contributed by atoms with Crippen molar-refractivity contribution in [1.82, 2.24) is 24.9 Å². The molecule has 0 bridgehead atoms. The van der Waals surface area contributed by atoms with Crippen LogP contribution in [0.25, 0.3) is 0 Å². The molecule has 2 heterocycles. The van der Waals surface area contributed by atoms with Gasteiger partial charge in [0.05, 0.1) is 24.6 Å². The maximum atomic E-state index is 5.35. The molecule has 0 aliphatic carbocycles. The number of hydrogen-bond donors (Lipinski definition) is 2. The maximum Gasteiger partial charge on any atom is 0.170 e. The van der Waals surface area contributed by atoms with Crippen LogP contribution in [0.5, 0.6) is 0 Å². The second kappa shape index (κ2) is 8.62. The lowest BCUT2D eigenvalue weighted by atomic mass is 10.1. The minimum absolute atomic E-state index is 0.608. The molecule has 0 aliphatic rings. The van der Waals surface area contributed by atoms with Crippen molar-refractivity contribution in [3.8, 4) is 0 Å². The van der Waals surface area contributed by atoms with Crippen molar-refractivity contribution in [2.24, 2.45) is 0 Å². The molecule has 2 N–H and O–H groups in total. The van der Waals surface area contributed by atoms with Crippen LogP contribution in [0.15, 0.2) is 49.1 Å². The summed E-state index contributed by atoms with van der Waals surface area (Å²) in [4.78, 5) is 0. The fourth-order valence-corrected chi connectivity index (χ4v) is 2.90. The molecule has 0 aliphatic heterocycles. The van der Waals surface area contributed by atoms with Gasteiger partial charge in [-0.25, -0.2) is 0 Å². The zero-order valence-electron chi connectivity index (χ0n) is 15.1. The van der Waals surface area contributed by atoms with Gasteiger partial charge in [-0.3, -0.25) is 9.36 Å². The molecule has 136 valence electrons. The van der Waals surface area contributed by atoms with Crippen LogP contribution >= 0.6 is 12.2 Å². The van der Waals surface area contributed by atoms with Crippen LogP contribution < -0.4 is 10.6 Å². The second-order valence-electron chi connectivity index (χ2n) is 6.37. The normalized spacial score (nSPS) is 10.7. The Bertz CT molecular complexity index is 866. The van der Waals surface area contributed by atoms with E-state index in [1.807, 2.05) is 40.9 Å². The van der Waals surface area contributed by atoms with Gasteiger partial charge < -0.3 is 10.6 Å². The molecule has 0 fully saturated rings. The van der Waals surface area contributed by atoms with Gasteiger partial charge in [0.25, 0.3) is 0 Å². The Labute approximate surface area is 159 Å². The summed E-state index contributed by atoms with van der Waals surface area (Å²) >= 11 is 5.35. The molecule has 0 unspecified atom stereocenters. The van der Waals surface area contributed by atoms with Crippen molar-refractivity contribution < 1.29 is 0 Å². The lowest BCUT2D eigenvalue weighted by Crippen LogP contribution is -2.29. The molecule has 2 aromatic heterocycles. The van der Waals surface area contributed by atoms with Crippen molar-refractivity contribution in [2.75, 3.05) is 11.9 Å². The third-order valence-electron chi connectivity index (χ3n) is 4.10. The maximum absolute atomic E-state index is 5.35. The first-order chi connectivity index (χ1) is 12.6. The monoisotopic (exact) mass is 368 g/mol. The van der Waals surface area contributed by atoms with Gasteiger partial charge in [0.15, 0.2) is 5.11 Å². The van der Waals surface area contributed by atoms with Gasteiger partial charge in [0, 0.05) is 25.5 Å². The highest BCUT2D eigenvalue weighted by molar-refractivity contribution is 7.80. The lowest BCUT2D eigenvalue weighted by molar-refractivity contribution is 0.573. The van der Waals surface area contributed by atoms with Gasteiger partial charge >= 0.3 is 0 Å². The van der Waals surface area contributed by atoms with Crippen LogP contribution in [0.4, 0.5) is 5.69 Å². The molecule has 0 saturated carbocycles. The first-order valence-corrected chi connectivity index (χ1v) is 9.12. The Morgan fingerprint density at radius 2 is 1.88 bits per heavy atom. The summed E-state index contributed by atoms with van der Waals surface area (Å²) in [7, 11) is 0. The largest absolute Gasteiger partial charge is 0.362 e. The minimum Gasteiger partial charge on any atom is -0.362 e. The minimum atomic E-state index is 0.608. The van der Waals surface area contributed by atoms with E-state index in [2.05, 4.69) is 46.0 Å². The van der Waals surface area contributed by atoms with Crippen molar-refractivity contribution >= 4 is 23.0 Å². The molecule has 0 spiro atoms. The molecule has 1 aromatic carbocycles. The summed E-state index contributed by atoms with van der Waals surface area (Å²) in [5, 5.41) is 15.7. The second-order valence-corrected chi connectivity index (χ2v) is 6.78. The highest BCUT2D eigenvalue weighted by atomic mass is 32.1. The van der Waals surface area contributed by atoms with E-state index in [1.165, 1.54) is 16.7 Å². The Balaban J connectivity index is 1.42. The summed E-state index contributed by atoms with van der Waals surface area (Å²) in [6.45, 7) is 6.57. The highest BCUT2D eigenvalue weighted by Gasteiger charge is 2.03. The van der Waals surface area contributed by atoms with E-state index < -0.39 is 0 Å². The summed E-state index contributed by atoms with van der Waals surface area (Å²) in [6.07, 6.45) is 8.62. The number of thiocarbonyl (C=S) groups is 1. The summed E-state index contributed by atoms with van der Waals surface area (Å²) in [5.41, 5.74) is 4.59. The fourth-order valence-electron chi connectivity index (χ4n) is 2.68. The average Bonchev–Trinajstić information content (AvgIpc) is 3.23. The summed E-state index contributed by atoms with van der Waals surface area (Å²) < 4.78 is 3.86. The molecule has 3 aromatic rings. The van der Waals surface area contributed by atoms with E-state index in [1.54, 1.807) is 6.20 Å². The SMILES string of the molecule is Cc1cnn(CCCNC(=S)Nc2cnn(Cc3ccccc3C)c2)c1. The van der Waals surface area contributed by atoms with Crippen molar-refractivity contribution in [3.05, 3.63) is 65.7 Å². The number of aryl methyl sites for hydroxylation is 3. The molecule has 0 radical (unpaired) electrons. The van der Waals surface area contributed by atoms with Gasteiger partial charge in [-0.2, -0.15) is 10.2 Å². The van der Waals surface area contributed by atoms with Crippen LogP contribution in [0.1, 0.15) is 23.1 Å². The van der Waals surface area contributed by atoms with E-state index in [4.69, 9.17) is 12.2 Å². The lowest BCUT2D eigenvalue weighted by Gasteiger charge is -2.09. The Morgan fingerprint density at radius 1 is 1.08 bits per heavy atom. The van der Waals surface area contributed by atoms with Crippen LogP contribution in [0.2, 0.25) is 0 Å². The number of nitrogens with one attached hydrogen (secondary N) is 2. The molecule has 7 heteroatoms. The topological polar surface area (TPSA) is 59.7 Å². The molecule has 0 atom stereocenters. The van der Waals surface area contributed by atoms with Gasteiger partial charge in [0.1, 0.15) is 0 Å². The van der Waals surface area contributed by atoms with E-state index >= 15 is 0 Å². The predicted octanol–water partition coefficient (Wildman–Crippen LogP) is 3.12. The van der Waals surface area contributed by atoms with Crippen LogP contribution in [-0.4, -0.2) is 31.2 Å². The predicted molar refractivity (Wildman–Crippen MR) is 108 cm³/mol. The first kappa shape index (κ1) is 18.1. The van der Waals surface area contributed by atoms with Gasteiger partial charge in [-0.1, -0.05) is 24.3 Å². The number of hydrogen-bond acceptors (Lipinski definition) is 3. The molecule has 6 nitrogen and oxygen atoms in total. The third-order valence-corrected chi connectivity index (χ3v) is 4.34. The van der Waals surface area contributed by atoms with Crippen molar-refractivity contribution in [2.45, 2.75) is 33.4 Å². The van der Waals surface area contributed by atoms with Gasteiger partial charge in [-0.15, -0.1) is 0 Å². The zero-order valence-corrected chi connectivity index (χ0v) is 16.0. The standard InChI is InChI=1S/C19H24N6S/c1-15-10-21-24(12-15)9-5-8-20-19(26)23-18-11-22-25(14-18)13-17-7-4-3-6-16(17)2/h3-4,6-7,10-12,14H,5,8-9,13H2,1-2H3,(H2,20,23,26). The molecule has 0 amide bonds. The number of aromatic nitrogens is 4. The zero-order chi connectivity index (χ0) is 18.4. The average molecular weight is 369 g/mol. The third kappa shape index (κ3) is 5.16. The summed E-state index contributed by atoms with van der Waals surface area (Å²) in [5.74, 6) is 0. The number of rotatable bonds is 7. The van der Waals surface area contributed by atoms with E-state index in [-0.39, 0.29) is 0 Å².